The van der Waals surface area contributed by atoms with E-state index < -0.39 is 11.8 Å². The molecule has 1 aromatic rings. The zero-order valence-electron chi connectivity index (χ0n) is 12.4. The van der Waals surface area contributed by atoms with E-state index in [1.807, 2.05) is 0 Å². The minimum absolute atomic E-state index is 0.0371. The Labute approximate surface area is 132 Å². The normalized spacial score (nSPS) is 26.6. The summed E-state index contributed by atoms with van der Waals surface area (Å²) in [7, 11) is 0. The Morgan fingerprint density at radius 3 is 2.09 bits per heavy atom. The van der Waals surface area contributed by atoms with Gasteiger partial charge in [-0.2, -0.15) is 0 Å². The van der Waals surface area contributed by atoms with Gasteiger partial charge >= 0.3 is 0 Å². The summed E-state index contributed by atoms with van der Waals surface area (Å²) in [5.41, 5.74) is 2.09. The Kier molecular flexibility index (Phi) is 3.04. The molecule has 1 saturated carbocycles. The summed E-state index contributed by atoms with van der Waals surface area (Å²) in [5.74, 6) is -2.62. The number of ketones is 2. The van der Waals surface area contributed by atoms with Crippen LogP contribution in [0.25, 0.3) is 0 Å². The van der Waals surface area contributed by atoms with E-state index in [0.29, 0.717) is 35.1 Å². The van der Waals surface area contributed by atoms with Crippen LogP contribution in [0.1, 0.15) is 46.4 Å². The molecule has 0 saturated heterocycles. The summed E-state index contributed by atoms with van der Waals surface area (Å²) in [6, 6.07) is 6.57. The average Bonchev–Trinajstić information content (AvgIpc) is 2.59. The predicted molar refractivity (Wildman–Crippen MR) is 83.0 cm³/mol. The molecule has 3 aliphatic rings. The number of aliphatic hydroxyl groups excluding tert-OH is 1. The van der Waals surface area contributed by atoms with Crippen LogP contribution >= 0.6 is 0 Å². The lowest BCUT2D eigenvalue weighted by Crippen LogP contribution is -2.41. The number of fused-ring (bicyclic) bond motifs is 3. The third-order valence-corrected chi connectivity index (χ3v) is 5.13. The summed E-state index contributed by atoms with van der Waals surface area (Å²) in [4.78, 5) is 37.2. The molecule has 0 spiro atoms. The van der Waals surface area contributed by atoms with Crippen molar-refractivity contribution in [2.24, 2.45) is 17.0 Å². The first kappa shape index (κ1) is 14.1. The monoisotopic (exact) mass is 309 g/mol. The maximum absolute atomic E-state index is 12.9. The second-order valence-corrected chi connectivity index (χ2v) is 6.26. The Bertz CT molecular complexity index is 818. The number of carbonyl (C=O) groups excluding carboxylic acids is 2. The van der Waals surface area contributed by atoms with Crippen molar-refractivity contribution in [3.63, 3.8) is 0 Å². The van der Waals surface area contributed by atoms with E-state index in [1.54, 1.807) is 24.3 Å². The minimum Gasteiger partial charge on any atom is -0.511 e. The molecule has 2 atom stereocenters. The average molecular weight is 309 g/mol. The second kappa shape index (κ2) is 4.98. The fourth-order valence-corrected chi connectivity index (χ4v) is 4.07. The van der Waals surface area contributed by atoms with Crippen LogP contribution in [-0.4, -0.2) is 16.7 Å². The number of nitrogens with zero attached hydrogens (tertiary/aromatic N) is 1. The van der Waals surface area contributed by atoms with Gasteiger partial charge in [-0.05, 0) is 42.0 Å². The second-order valence-electron chi connectivity index (χ2n) is 6.26. The van der Waals surface area contributed by atoms with Gasteiger partial charge in [0.1, 0.15) is 11.5 Å². The van der Waals surface area contributed by atoms with E-state index in [4.69, 9.17) is 0 Å². The quantitative estimate of drug-likeness (QED) is 0.801. The third-order valence-electron chi connectivity index (χ3n) is 5.13. The van der Waals surface area contributed by atoms with E-state index in [9.17, 15) is 19.6 Å². The zero-order valence-corrected chi connectivity index (χ0v) is 12.4. The van der Waals surface area contributed by atoms with Crippen molar-refractivity contribution in [3.8, 4) is 0 Å². The molecule has 0 radical (unpaired) electrons. The first-order chi connectivity index (χ1) is 11.1. The van der Waals surface area contributed by atoms with Crippen LogP contribution in [-0.2, 0) is 0 Å². The molecule has 5 heteroatoms. The predicted octanol–water partition coefficient (Wildman–Crippen LogP) is 3.72. The van der Waals surface area contributed by atoms with E-state index in [2.05, 4.69) is 5.18 Å². The van der Waals surface area contributed by atoms with E-state index >= 15 is 0 Å². The summed E-state index contributed by atoms with van der Waals surface area (Å²) in [6.45, 7) is 0. The van der Waals surface area contributed by atoms with Crippen LogP contribution in [0, 0.1) is 16.7 Å². The van der Waals surface area contributed by atoms with Gasteiger partial charge in [-0.3, -0.25) is 9.59 Å². The van der Waals surface area contributed by atoms with Gasteiger partial charge in [0, 0.05) is 11.1 Å². The lowest BCUT2D eigenvalue weighted by Gasteiger charge is -2.37. The number of aliphatic hydroxyl groups is 1. The highest BCUT2D eigenvalue weighted by Gasteiger charge is 2.50. The Balaban J connectivity index is 1.98. The van der Waals surface area contributed by atoms with Crippen LogP contribution in [0.3, 0.4) is 0 Å². The molecule has 23 heavy (non-hydrogen) atoms. The molecule has 1 aromatic carbocycles. The number of carbonyl (C=O) groups is 2. The molecule has 116 valence electrons. The van der Waals surface area contributed by atoms with E-state index in [-0.39, 0.29) is 23.0 Å². The fraction of sp³-hybridized carbons (Fsp3) is 0.333. The van der Waals surface area contributed by atoms with Gasteiger partial charge in [-0.25, -0.2) is 0 Å². The summed E-state index contributed by atoms with van der Waals surface area (Å²) >= 11 is 0. The van der Waals surface area contributed by atoms with Gasteiger partial charge in [-0.15, -0.1) is 4.91 Å². The smallest absolute Gasteiger partial charge is 0.175 e. The van der Waals surface area contributed by atoms with Crippen LogP contribution in [0.4, 0.5) is 0 Å². The standard InChI is InChI=1S/C18H15NO4/c20-16-11-7-3-4-8-12(11)18(22)14-13(16)15(19-23)9-5-1-2-6-10(9)17(14)21/h3-4,7-8,13-14,21H,1-2,5-6H2. The molecule has 4 rings (SSSR count). The van der Waals surface area contributed by atoms with Crippen molar-refractivity contribution >= 4 is 11.6 Å². The Hall–Kier alpha value is -2.56. The van der Waals surface area contributed by atoms with Crippen LogP contribution < -0.4 is 0 Å². The van der Waals surface area contributed by atoms with E-state index in [0.717, 1.165) is 12.8 Å². The molecule has 3 aliphatic carbocycles. The highest BCUT2D eigenvalue weighted by atomic mass is 16.3. The minimum atomic E-state index is -0.998. The van der Waals surface area contributed by atoms with Crippen molar-refractivity contribution in [1.29, 1.82) is 0 Å². The topological polar surface area (TPSA) is 83.8 Å². The molecule has 0 aromatic heterocycles. The Morgan fingerprint density at radius 1 is 0.913 bits per heavy atom. The third kappa shape index (κ3) is 1.79. The molecular weight excluding hydrogens is 294 g/mol. The molecule has 0 bridgehead atoms. The molecule has 0 aliphatic heterocycles. The maximum Gasteiger partial charge on any atom is 0.175 e. The van der Waals surface area contributed by atoms with Crippen LogP contribution in [0.15, 0.2) is 52.0 Å². The number of Topliss-reactive ketones (excluding diaryl/α,β-unsaturated/α-hetero) is 2. The van der Waals surface area contributed by atoms with Gasteiger partial charge in [0.25, 0.3) is 0 Å². The van der Waals surface area contributed by atoms with Crippen LogP contribution in [0.5, 0.6) is 0 Å². The lowest BCUT2D eigenvalue weighted by atomic mass is 9.65. The van der Waals surface area contributed by atoms with Gasteiger partial charge in [-0.1, -0.05) is 24.3 Å². The van der Waals surface area contributed by atoms with Crippen molar-refractivity contribution in [3.05, 3.63) is 62.9 Å². The highest BCUT2D eigenvalue weighted by Crippen LogP contribution is 2.48. The van der Waals surface area contributed by atoms with Crippen molar-refractivity contribution in [2.75, 3.05) is 0 Å². The molecule has 1 N–H and O–H groups in total. The zero-order chi connectivity index (χ0) is 16.1. The summed E-state index contributed by atoms with van der Waals surface area (Å²) in [6.07, 6.45) is 3.02. The van der Waals surface area contributed by atoms with Gasteiger partial charge in [0.05, 0.1) is 11.8 Å². The van der Waals surface area contributed by atoms with Gasteiger partial charge in [0.2, 0.25) is 0 Å². The number of rotatable bonds is 1. The number of hydrogen-bond donors (Lipinski definition) is 1. The first-order valence-electron chi connectivity index (χ1n) is 7.81. The summed E-state index contributed by atoms with van der Waals surface area (Å²) in [5, 5.41) is 13.8. The number of hydrogen-bond acceptors (Lipinski definition) is 5. The lowest BCUT2D eigenvalue weighted by molar-refractivity contribution is 0.0742. The van der Waals surface area contributed by atoms with E-state index in [1.165, 1.54) is 0 Å². The highest BCUT2D eigenvalue weighted by molar-refractivity contribution is 6.18. The molecule has 2 unspecified atom stereocenters. The summed E-state index contributed by atoms with van der Waals surface area (Å²) < 4.78 is 0. The molecule has 1 fully saturated rings. The first-order valence-corrected chi connectivity index (χ1v) is 7.81. The molecular formula is C18H15NO4. The molecule has 5 nitrogen and oxygen atoms in total. The molecule has 0 amide bonds. The van der Waals surface area contributed by atoms with Gasteiger partial charge in [0.15, 0.2) is 11.6 Å². The number of benzene rings is 1. The maximum atomic E-state index is 12.9. The van der Waals surface area contributed by atoms with Crippen molar-refractivity contribution in [1.82, 2.24) is 0 Å². The van der Waals surface area contributed by atoms with Crippen molar-refractivity contribution < 1.29 is 14.7 Å². The van der Waals surface area contributed by atoms with Crippen molar-refractivity contribution in [2.45, 2.75) is 25.7 Å². The largest absolute Gasteiger partial charge is 0.511 e. The van der Waals surface area contributed by atoms with Crippen LogP contribution in [0.2, 0.25) is 0 Å². The fourth-order valence-electron chi connectivity index (χ4n) is 4.07. The molecule has 0 heterocycles. The number of allylic oxidation sites excluding steroid dienone is 4. The SMILES string of the molecule is O=NC1=C2CCCCC2=C(O)C2C(=O)c3ccccc3C(=O)C12. The van der Waals surface area contributed by atoms with Gasteiger partial charge < -0.3 is 5.11 Å². The Morgan fingerprint density at radius 2 is 1.48 bits per heavy atom. The number of nitroso groups, excluding NO2 is 1.